The molecule has 126 valence electrons. The zero-order chi connectivity index (χ0) is 16.8. The topological polar surface area (TPSA) is 127 Å². The van der Waals surface area contributed by atoms with Gasteiger partial charge in [0, 0.05) is 0 Å². The van der Waals surface area contributed by atoms with Crippen molar-refractivity contribution in [1.29, 1.82) is 0 Å². The molecule has 24 heavy (non-hydrogen) atoms. The Kier molecular flexibility index (Phi) is 3.74. The van der Waals surface area contributed by atoms with Crippen molar-refractivity contribution in [3.05, 3.63) is 30.0 Å². The first-order valence-electron chi connectivity index (χ1n) is 7.16. The van der Waals surface area contributed by atoms with Crippen LogP contribution in [-0.2, 0) is 4.74 Å². The fraction of sp³-hybridized carbons (Fsp3) is 0.357. The number of ether oxygens (including phenoxy) is 1. The Morgan fingerprint density at radius 1 is 1.25 bits per heavy atom. The van der Waals surface area contributed by atoms with Crippen molar-refractivity contribution in [2.45, 2.75) is 24.5 Å². The number of furan rings is 1. The molecule has 1 aliphatic rings. The molecular weight excluding hydrogens is 340 g/mol. The molecule has 0 spiro atoms. The van der Waals surface area contributed by atoms with Gasteiger partial charge in [-0.25, -0.2) is 9.97 Å². The fourth-order valence-corrected chi connectivity index (χ4v) is 2.94. The summed E-state index contributed by atoms with van der Waals surface area (Å²) in [4.78, 5) is 12.5. The average molecular weight is 353 g/mol. The van der Waals surface area contributed by atoms with Crippen LogP contribution in [0.4, 0.5) is 0 Å². The number of aliphatic hydroxyl groups excluding tert-OH is 3. The van der Waals surface area contributed by atoms with Crippen LogP contribution in [0.2, 0.25) is 5.28 Å². The third-order valence-electron chi connectivity index (χ3n) is 3.94. The van der Waals surface area contributed by atoms with Crippen molar-refractivity contribution in [3.63, 3.8) is 0 Å². The standard InChI is InChI=1S/C14H13ClN4O5/c15-14-17-8(6-2-1-3-23-6)9-12(18-14)19(5-16-9)13-11(22)10(21)7(4-20)24-13/h1-3,5,7,10-11,13,20-22H,4H2/t7-,10-,11-,13-/m1/s1. The van der Waals surface area contributed by atoms with Gasteiger partial charge in [0.05, 0.1) is 19.2 Å². The number of fused-ring (bicyclic) bond motifs is 1. The van der Waals surface area contributed by atoms with Crippen molar-refractivity contribution in [2.24, 2.45) is 0 Å². The highest BCUT2D eigenvalue weighted by molar-refractivity contribution is 6.28. The van der Waals surface area contributed by atoms with Gasteiger partial charge >= 0.3 is 0 Å². The maximum atomic E-state index is 10.2. The minimum absolute atomic E-state index is 0.0256. The van der Waals surface area contributed by atoms with E-state index in [2.05, 4.69) is 15.0 Å². The molecule has 3 aromatic rings. The molecule has 0 aliphatic carbocycles. The van der Waals surface area contributed by atoms with E-state index in [1.54, 1.807) is 12.1 Å². The Morgan fingerprint density at radius 2 is 2.08 bits per heavy atom. The molecule has 4 atom stereocenters. The summed E-state index contributed by atoms with van der Waals surface area (Å²) in [5.74, 6) is 0.468. The average Bonchev–Trinajstić information content (AvgIpc) is 3.28. The van der Waals surface area contributed by atoms with E-state index in [1.165, 1.54) is 17.2 Å². The number of hydrogen-bond acceptors (Lipinski definition) is 8. The third kappa shape index (κ3) is 2.29. The summed E-state index contributed by atoms with van der Waals surface area (Å²) in [5, 5.41) is 29.3. The van der Waals surface area contributed by atoms with Gasteiger partial charge in [0.2, 0.25) is 5.28 Å². The van der Waals surface area contributed by atoms with Crippen molar-refractivity contribution in [1.82, 2.24) is 19.5 Å². The Morgan fingerprint density at radius 3 is 2.75 bits per heavy atom. The summed E-state index contributed by atoms with van der Waals surface area (Å²) in [6, 6.07) is 3.42. The summed E-state index contributed by atoms with van der Waals surface area (Å²) in [6.07, 6.45) is -1.43. The molecule has 4 rings (SSSR count). The molecule has 0 unspecified atom stereocenters. The molecule has 3 N–H and O–H groups in total. The highest BCUT2D eigenvalue weighted by Crippen LogP contribution is 2.33. The SMILES string of the molecule is OC[C@H]1O[C@@H](n2cnc3c(-c4ccco4)nc(Cl)nc32)[C@H](O)[C@@H]1O. The highest BCUT2D eigenvalue weighted by Gasteiger charge is 2.44. The van der Waals surface area contributed by atoms with Crippen molar-refractivity contribution in [3.8, 4) is 11.5 Å². The molecule has 0 radical (unpaired) electrons. The molecule has 0 amide bonds. The summed E-state index contributed by atoms with van der Waals surface area (Å²) in [7, 11) is 0. The lowest BCUT2D eigenvalue weighted by atomic mass is 10.1. The Labute approximate surface area is 140 Å². The van der Waals surface area contributed by atoms with Crippen molar-refractivity contribution < 1.29 is 24.5 Å². The normalized spacial score (nSPS) is 27.2. The van der Waals surface area contributed by atoms with Crippen LogP contribution in [0.3, 0.4) is 0 Å². The molecular formula is C14H13ClN4O5. The van der Waals surface area contributed by atoms with Crippen LogP contribution in [0.1, 0.15) is 6.23 Å². The number of rotatable bonds is 3. The van der Waals surface area contributed by atoms with Gasteiger partial charge in [-0.1, -0.05) is 0 Å². The predicted molar refractivity (Wildman–Crippen MR) is 81.0 cm³/mol. The van der Waals surface area contributed by atoms with Crippen LogP contribution in [-0.4, -0.2) is 59.8 Å². The van der Waals surface area contributed by atoms with Gasteiger partial charge in [-0.05, 0) is 23.7 Å². The Balaban J connectivity index is 1.84. The van der Waals surface area contributed by atoms with Crippen LogP contribution in [0.15, 0.2) is 29.1 Å². The quantitative estimate of drug-likeness (QED) is 0.576. The second-order valence-electron chi connectivity index (χ2n) is 5.37. The fourth-order valence-electron chi connectivity index (χ4n) is 2.77. The summed E-state index contributed by atoms with van der Waals surface area (Å²) in [6.45, 7) is -0.422. The Bertz CT molecular complexity index is 868. The van der Waals surface area contributed by atoms with Crippen LogP contribution >= 0.6 is 11.6 Å². The third-order valence-corrected chi connectivity index (χ3v) is 4.11. The number of imidazole rings is 1. The predicted octanol–water partition coefficient (Wildman–Crippen LogP) is 0.351. The highest BCUT2D eigenvalue weighted by atomic mass is 35.5. The lowest BCUT2D eigenvalue weighted by Gasteiger charge is -2.16. The first kappa shape index (κ1) is 15.5. The van der Waals surface area contributed by atoms with Gasteiger partial charge in [0.25, 0.3) is 0 Å². The molecule has 4 heterocycles. The number of aromatic nitrogens is 4. The molecule has 0 bridgehead atoms. The van der Waals surface area contributed by atoms with E-state index in [9.17, 15) is 15.3 Å². The lowest BCUT2D eigenvalue weighted by Crippen LogP contribution is -2.33. The van der Waals surface area contributed by atoms with E-state index in [4.69, 9.17) is 20.8 Å². The van der Waals surface area contributed by atoms with E-state index in [-0.39, 0.29) is 5.28 Å². The molecule has 0 saturated carbocycles. The van der Waals surface area contributed by atoms with Crippen LogP contribution in [0, 0.1) is 0 Å². The molecule has 1 fully saturated rings. The molecule has 10 heteroatoms. The second kappa shape index (κ2) is 5.80. The first-order valence-corrected chi connectivity index (χ1v) is 7.54. The van der Waals surface area contributed by atoms with Crippen LogP contribution < -0.4 is 0 Å². The van der Waals surface area contributed by atoms with Gasteiger partial charge in [-0.2, -0.15) is 4.98 Å². The van der Waals surface area contributed by atoms with Gasteiger partial charge in [0.1, 0.15) is 29.5 Å². The second-order valence-corrected chi connectivity index (χ2v) is 5.71. The number of halogens is 1. The van der Waals surface area contributed by atoms with Gasteiger partial charge in [-0.15, -0.1) is 0 Å². The zero-order valence-electron chi connectivity index (χ0n) is 12.2. The van der Waals surface area contributed by atoms with Gasteiger partial charge < -0.3 is 24.5 Å². The van der Waals surface area contributed by atoms with E-state index in [1.807, 2.05) is 0 Å². The number of aliphatic hydroxyl groups is 3. The molecule has 0 aromatic carbocycles. The molecule has 1 aliphatic heterocycles. The zero-order valence-corrected chi connectivity index (χ0v) is 12.9. The molecule has 3 aromatic heterocycles. The maximum Gasteiger partial charge on any atom is 0.225 e. The maximum absolute atomic E-state index is 10.2. The van der Waals surface area contributed by atoms with Gasteiger partial charge in [-0.3, -0.25) is 4.57 Å². The minimum Gasteiger partial charge on any atom is -0.463 e. The number of nitrogens with zero attached hydrogens (tertiary/aromatic N) is 4. The smallest absolute Gasteiger partial charge is 0.225 e. The van der Waals surface area contributed by atoms with Crippen LogP contribution in [0.25, 0.3) is 22.6 Å². The van der Waals surface area contributed by atoms with E-state index in [0.29, 0.717) is 22.6 Å². The van der Waals surface area contributed by atoms with E-state index in [0.717, 1.165) is 0 Å². The summed E-state index contributed by atoms with van der Waals surface area (Å²) >= 11 is 6.00. The molecule has 1 saturated heterocycles. The van der Waals surface area contributed by atoms with E-state index >= 15 is 0 Å². The lowest BCUT2D eigenvalue weighted by molar-refractivity contribution is -0.0511. The summed E-state index contributed by atoms with van der Waals surface area (Å²) in [5.41, 5.74) is 1.13. The largest absolute Gasteiger partial charge is 0.463 e. The monoisotopic (exact) mass is 352 g/mol. The van der Waals surface area contributed by atoms with E-state index < -0.39 is 31.1 Å². The number of hydrogen-bond donors (Lipinski definition) is 3. The van der Waals surface area contributed by atoms with Gasteiger partial charge in [0.15, 0.2) is 17.6 Å². The molecule has 9 nitrogen and oxygen atoms in total. The Hall–Kier alpha value is -2.04. The van der Waals surface area contributed by atoms with Crippen molar-refractivity contribution in [2.75, 3.05) is 6.61 Å². The van der Waals surface area contributed by atoms with Crippen molar-refractivity contribution >= 4 is 22.8 Å². The minimum atomic E-state index is -1.25. The summed E-state index contributed by atoms with van der Waals surface area (Å²) < 4.78 is 12.3. The van der Waals surface area contributed by atoms with Crippen LogP contribution in [0.5, 0.6) is 0 Å². The first-order chi connectivity index (χ1) is 11.6.